The largest absolute Gasteiger partial charge is 0.380 e. The average molecular weight is 407 g/mol. The first-order valence-electron chi connectivity index (χ1n) is 10.8. The predicted molar refractivity (Wildman–Crippen MR) is 124 cm³/mol. The molecule has 28 heavy (non-hydrogen) atoms. The molecule has 158 valence electrons. The Morgan fingerprint density at radius 1 is 1.07 bits per heavy atom. The van der Waals surface area contributed by atoms with Gasteiger partial charge < -0.3 is 9.64 Å². The van der Waals surface area contributed by atoms with Crippen LogP contribution in [0.1, 0.15) is 52.5 Å². The van der Waals surface area contributed by atoms with Crippen LogP contribution in [0, 0.1) is 11.3 Å². The molecular formula is C24H39ClN2O. The molecule has 2 aliphatic rings. The number of anilines is 1. The fourth-order valence-corrected chi connectivity index (χ4v) is 4.44. The lowest BCUT2D eigenvalue weighted by atomic mass is 9.72. The molecule has 0 aromatic heterocycles. The van der Waals surface area contributed by atoms with Crippen LogP contribution in [0.3, 0.4) is 0 Å². The van der Waals surface area contributed by atoms with E-state index in [-0.39, 0.29) is 12.4 Å². The summed E-state index contributed by atoms with van der Waals surface area (Å²) in [5.74, 6) is 0.808. The molecule has 0 saturated carbocycles. The molecule has 1 saturated heterocycles. The van der Waals surface area contributed by atoms with E-state index in [0.29, 0.717) is 5.41 Å². The highest BCUT2D eigenvalue weighted by molar-refractivity contribution is 5.85. The highest BCUT2D eigenvalue weighted by Gasteiger charge is 2.27. The summed E-state index contributed by atoms with van der Waals surface area (Å²) in [5, 5.41) is 0. The van der Waals surface area contributed by atoms with Gasteiger partial charge in [0.2, 0.25) is 0 Å². The van der Waals surface area contributed by atoms with Crippen molar-refractivity contribution in [3.63, 3.8) is 0 Å². The van der Waals surface area contributed by atoms with Crippen LogP contribution in [0.5, 0.6) is 0 Å². The standard InChI is InChI=1S/C24H38N2O.ClH/c1-5-27-19-18-25-14-16-26(17-15-25)23-9-7-6-8-22(23)20-10-12-21(13-11-20)24(2,3)4;/h6-10,21H,5,11-19H2,1-4H3;1H. The lowest BCUT2D eigenvalue weighted by Gasteiger charge is -2.38. The van der Waals surface area contributed by atoms with E-state index in [1.165, 1.54) is 30.5 Å². The molecule has 3 nitrogen and oxygen atoms in total. The van der Waals surface area contributed by atoms with E-state index in [1.807, 2.05) is 0 Å². The average Bonchev–Trinajstić information content (AvgIpc) is 2.68. The van der Waals surface area contributed by atoms with Gasteiger partial charge in [-0.25, -0.2) is 0 Å². The maximum Gasteiger partial charge on any atom is 0.0593 e. The first-order chi connectivity index (χ1) is 13.0. The van der Waals surface area contributed by atoms with Crippen molar-refractivity contribution in [2.75, 3.05) is 50.8 Å². The minimum atomic E-state index is 0. The van der Waals surface area contributed by atoms with Crippen LogP contribution in [0.2, 0.25) is 0 Å². The van der Waals surface area contributed by atoms with Crippen LogP contribution in [0.15, 0.2) is 30.3 Å². The number of piperazine rings is 1. The molecule has 1 unspecified atom stereocenters. The summed E-state index contributed by atoms with van der Waals surface area (Å²) in [6, 6.07) is 9.05. The molecule has 0 amide bonds. The van der Waals surface area contributed by atoms with Gasteiger partial charge in [-0.3, -0.25) is 4.90 Å². The SMILES string of the molecule is CCOCCN1CCN(c2ccccc2C2=CCC(C(C)(C)C)CC2)CC1.Cl. The fraction of sp³-hybridized carbons (Fsp3) is 0.667. The Kier molecular flexibility index (Phi) is 8.85. The maximum absolute atomic E-state index is 5.52. The highest BCUT2D eigenvalue weighted by atomic mass is 35.5. The van der Waals surface area contributed by atoms with Gasteiger partial charge >= 0.3 is 0 Å². The zero-order valence-corrected chi connectivity index (χ0v) is 19.1. The van der Waals surface area contributed by atoms with E-state index >= 15 is 0 Å². The number of para-hydroxylation sites is 1. The predicted octanol–water partition coefficient (Wildman–Crippen LogP) is 5.50. The summed E-state index contributed by atoms with van der Waals surface area (Å²) in [6.07, 6.45) is 6.27. The summed E-state index contributed by atoms with van der Waals surface area (Å²) in [4.78, 5) is 5.12. The molecule has 1 heterocycles. The van der Waals surface area contributed by atoms with Gasteiger partial charge in [-0.1, -0.05) is 45.0 Å². The van der Waals surface area contributed by atoms with Crippen LogP contribution in [0.25, 0.3) is 5.57 Å². The monoisotopic (exact) mass is 406 g/mol. The van der Waals surface area contributed by atoms with Crippen molar-refractivity contribution in [1.29, 1.82) is 0 Å². The third-order valence-corrected chi connectivity index (χ3v) is 6.35. The van der Waals surface area contributed by atoms with Crippen molar-refractivity contribution in [3.05, 3.63) is 35.9 Å². The molecule has 0 radical (unpaired) electrons. The van der Waals surface area contributed by atoms with E-state index in [1.54, 1.807) is 5.57 Å². The molecule has 1 aromatic rings. The number of ether oxygens (including phenoxy) is 1. The van der Waals surface area contributed by atoms with Gasteiger partial charge in [-0.15, -0.1) is 12.4 Å². The second-order valence-corrected chi connectivity index (χ2v) is 9.11. The lowest BCUT2D eigenvalue weighted by molar-refractivity contribution is 0.111. The maximum atomic E-state index is 5.52. The van der Waals surface area contributed by atoms with E-state index < -0.39 is 0 Å². The van der Waals surface area contributed by atoms with Crippen LogP contribution in [-0.2, 0) is 4.74 Å². The van der Waals surface area contributed by atoms with Gasteiger partial charge in [0.15, 0.2) is 0 Å². The number of halogens is 1. The first-order valence-corrected chi connectivity index (χ1v) is 10.8. The molecular weight excluding hydrogens is 368 g/mol. The van der Waals surface area contributed by atoms with E-state index in [4.69, 9.17) is 4.74 Å². The Bertz CT molecular complexity index is 630. The van der Waals surface area contributed by atoms with Gasteiger partial charge in [-0.05, 0) is 49.2 Å². The smallest absolute Gasteiger partial charge is 0.0593 e. The van der Waals surface area contributed by atoms with Crippen molar-refractivity contribution < 1.29 is 4.74 Å². The minimum Gasteiger partial charge on any atom is -0.380 e. The summed E-state index contributed by atoms with van der Waals surface area (Å²) in [5.41, 5.74) is 4.87. The molecule has 3 rings (SSSR count). The fourth-order valence-electron chi connectivity index (χ4n) is 4.44. The summed E-state index contributed by atoms with van der Waals surface area (Å²) < 4.78 is 5.52. The highest BCUT2D eigenvalue weighted by Crippen LogP contribution is 2.41. The molecule has 1 fully saturated rings. The molecule has 0 spiro atoms. The van der Waals surface area contributed by atoms with Crippen LogP contribution < -0.4 is 4.90 Å². The summed E-state index contributed by atoms with van der Waals surface area (Å²) in [6.45, 7) is 16.4. The lowest BCUT2D eigenvalue weighted by Crippen LogP contribution is -2.47. The topological polar surface area (TPSA) is 15.7 Å². The van der Waals surface area contributed by atoms with Gasteiger partial charge in [0.25, 0.3) is 0 Å². The van der Waals surface area contributed by atoms with Crippen LogP contribution in [-0.4, -0.2) is 50.8 Å². The van der Waals surface area contributed by atoms with Crippen molar-refractivity contribution in [1.82, 2.24) is 4.90 Å². The van der Waals surface area contributed by atoms with Crippen molar-refractivity contribution in [2.45, 2.75) is 47.0 Å². The number of nitrogens with zero attached hydrogens (tertiary/aromatic N) is 2. The Hall–Kier alpha value is -1.03. The third kappa shape index (κ3) is 5.98. The zero-order valence-electron chi connectivity index (χ0n) is 18.2. The van der Waals surface area contributed by atoms with Gasteiger partial charge in [0.1, 0.15) is 0 Å². The second kappa shape index (κ2) is 10.7. The van der Waals surface area contributed by atoms with E-state index in [2.05, 4.69) is 67.8 Å². The normalized spacial score (nSPS) is 21.2. The van der Waals surface area contributed by atoms with Crippen molar-refractivity contribution in [3.8, 4) is 0 Å². The van der Waals surface area contributed by atoms with Crippen LogP contribution >= 0.6 is 12.4 Å². The second-order valence-electron chi connectivity index (χ2n) is 9.11. The molecule has 1 aliphatic carbocycles. The number of allylic oxidation sites excluding steroid dienone is 2. The molecule has 1 aromatic carbocycles. The van der Waals surface area contributed by atoms with Gasteiger partial charge in [0.05, 0.1) is 6.61 Å². The van der Waals surface area contributed by atoms with Crippen LogP contribution in [0.4, 0.5) is 5.69 Å². The third-order valence-electron chi connectivity index (χ3n) is 6.35. The van der Waals surface area contributed by atoms with Gasteiger partial charge in [0, 0.05) is 50.6 Å². The number of benzene rings is 1. The molecule has 1 aliphatic heterocycles. The van der Waals surface area contributed by atoms with Gasteiger partial charge in [-0.2, -0.15) is 0 Å². The minimum absolute atomic E-state index is 0. The van der Waals surface area contributed by atoms with Crippen molar-refractivity contribution in [2.24, 2.45) is 11.3 Å². The summed E-state index contributed by atoms with van der Waals surface area (Å²) >= 11 is 0. The Labute approximate surface area is 178 Å². The molecule has 4 heteroatoms. The van der Waals surface area contributed by atoms with E-state index in [9.17, 15) is 0 Å². The molecule has 0 bridgehead atoms. The first kappa shape index (κ1) is 23.3. The number of hydrogen-bond donors (Lipinski definition) is 0. The zero-order chi connectivity index (χ0) is 19.3. The Morgan fingerprint density at radius 3 is 2.39 bits per heavy atom. The number of rotatable bonds is 6. The molecule has 1 atom stereocenters. The summed E-state index contributed by atoms with van der Waals surface area (Å²) in [7, 11) is 0. The quantitative estimate of drug-likeness (QED) is 0.580. The van der Waals surface area contributed by atoms with E-state index in [0.717, 1.165) is 51.9 Å². The Morgan fingerprint density at radius 2 is 1.79 bits per heavy atom. The number of hydrogen-bond acceptors (Lipinski definition) is 3. The molecule has 0 N–H and O–H groups in total. The van der Waals surface area contributed by atoms with Crippen molar-refractivity contribution >= 4 is 23.7 Å². The Balaban J connectivity index is 0.00000280.